The third kappa shape index (κ3) is 4.36. The van der Waals surface area contributed by atoms with Gasteiger partial charge < -0.3 is 16.2 Å². The van der Waals surface area contributed by atoms with Crippen molar-refractivity contribution in [3.8, 4) is 5.75 Å². The molecule has 0 bridgehead atoms. The van der Waals surface area contributed by atoms with E-state index in [0.29, 0.717) is 19.0 Å². The quantitative estimate of drug-likeness (QED) is 0.759. The van der Waals surface area contributed by atoms with Crippen LogP contribution < -0.4 is 16.2 Å². The van der Waals surface area contributed by atoms with Gasteiger partial charge in [0.25, 0.3) is 0 Å². The lowest BCUT2D eigenvalue weighted by molar-refractivity contribution is 0.317. The molecule has 0 aliphatic rings. The molecule has 3 nitrogen and oxygen atoms in total. The SMILES string of the molecule is CCCOc1ccc(CC(CN)CN)c(C)c1. The van der Waals surface area contributed by atoms with Gasteiger partial charge in [0.15, 0.2) is 0 Å². The first kappa shape index (κ1) is 14.0. The molecular formula is C14H24N2O. The van der Waals surface area contributed by atoms with Crippen molar-refractivity contribution in [2.75, 3.05) is 19.7 Å². The molecular weight excluding hydrogens is 212 g/mol. The minimum atomic E-state index is 0.371. The highest BCUT2D eigenvalue weighted by molar-refractivity contribution is 5.35. The minimum absolute atomic E-state index is 0.371. The van der Waals surface area contributed by atoms with Crippen LogP contribution in [0.25, 0.3) is 0 Å². The molecule has 0 aliphatic carbocycles. The molecule has 0 aromatic heterocycles. The predicted molar refractivity (Wildman–Crippen MR) is 72.3 cm³/mol. The molecule has 0 heterocycles. The van der Waals surface area contributed by atoms with Crippen LogP contribution in [-0.2, 0) is 6.42 Å². The number of benzene rings is 1. The zero-order valence-corrected chi connectivity index (χ0v) is 10.9. The lowest BCUT2D eigenvalue weighted by Gasteiger charge is -2.15. The molecule has 0 fully saturated rings. The van der Waals surface area contributed by atoms with Crippen molar-refractivity contribution in [3.05, 3.63) is 29.3 Å². The van der Waals surface area contributed by atoms with E-state index in [1.807, 2.05) is 6.07 Å². The summed E-state index contributed by atoms with van der Waals surface area (Å²) in [5.41, 5.74) is 13.9. The Bertz CT molecular complexity index is 335. The molecule has 0 unspecified atom stereocenters. The minimum Gasteiger partial charge on any atom is -0.494 e. The highest BCUT2D eigenvalue weighted by Gasteiger charge is 2.08. The second kappa shape index (κ2) is 7.30. The van der Waals surface area contributed by atoms with Gasteiger partial charge in [0.2, 0.25) is 0 Å². The van der Waals surface area contributed by atoms with Gasteiger partial charge in [-0.3, -0.25) is 0 Å². The Morgan fingerprint density at radius 1 is 1.24 bits per heavy atom. The first-order chi connectivity index (χ1) is 8.21. The van der Waals surface area contributed by atoms with E-state index in [1.54, 1.807) is 0 Å². The van der Waals surface area contributed by atoms with E-state index < -0.39 is 0 Å². The summed E-state index contributed by atoms with van der Waals surface area (Å²) in [7, 11) is 0. The second-order valence-corrected chi connectivity index (χ2v) is 4.48. The molecule has 0 radical (unpaired) electrons. The summed E-state index contributed by atoms with van der Waals surface area (Å²) in [5.74, 6) is 1.32. The van der Waals surface area contributed by atoms with Crippen molar-refractivity contribution < 1.29 is 4.74 Å². The molecule has 1 aromatic rings. The molecule has 0 atom stereocenters. The van der Waals surface area contributed by atoms with Gasteiger partial charge in [0.1, 0.15) is 5.75 Å². The lowest BCUT2D eigenvalue weighted by Crippen LogP contribution is -2.25. The number of ether oxygens (including phenoxy) is 1. The first-order valence-corrected chi connectivity index (χ1v) is 6.33. The van der Waals surface area contributed by atoms with Crippen molar-refractivity contribution >= 4 is 0 Å². The zero-order valence-electron chi connectivity index (χ0n) is 10.9. The fourth-order valence-electron chi connectivity index (χ4n) is 1.78. The fraction of sp³-hybridized carbons (Fsp3) is 0.571. The van der Waals surface area contributed by atoms with Gasteiger partial charge in [-0.15, -0.1) is 0 Å². The lowest BCUT2D eigenvalue weighted by atomic mass is 9.96. The topological polar surface area (TPSA) is 61.3 Å². The summed E-state index contributed by atoms with van der Waals surface area (Å²) < 4.78 is 5.60. The van der Waals surface area contributed by atoms with Gasteiger partial charge in [-0.2, -0.15) is 0 Å². The Balaban J connectivity index is 2.68. The van der Waals surface area contributed by atoms with Crippen molar-refractivity contribution in [1.82, 2.24) is 0 Å². The van der Waals surface area contributed by atoms with Gasteiger partial charge in [-0.1, -0.05) is 13.0 Å². The Labute approximate surface area is 104 Å². The number of nitrogens with two attached hydrogens (primary N) is 2. The summed E-state index contributed by atoms with van der Waals surface area (Å²) >= 11 is 0. The molecule has 0 spiro atoms. The Kier molecular flexibility index (Phi) is 6.01. The van der Waals surface area contributed by atoms with Crippen LogP contribution in [0.3, 0.4) is 0 Å². The molecule has 1 rings (SSSR count). The van der Waals surface area contributed by atoms with Gasteiger partial charge >= 0.3 is 0 Å². The van der Waals surface area contributed by atoms with E-state index in [1.165, 1.54) is 11.1 Å². The highest BCUT2D eigenvalue weighted by Crippen LogP contribution is 2.19. The van der Waals surface area contributed by atoms with Crippen LogP contribution in [0.15, 0.2) is 18.2 Å². The van der Waals surface area contributed by atoms with E-state index in [-0.39, 0.29) is 0 Å². The average molecular weight is 236 g/mol. The van der Waals surface area contributed by atoms with Crippen LogP contribution in [0, 0.1) is 12.8 Å². The number of hydrogen-bond donors (Lipinski definition) is 2. The van der Waals surface area contributed by atoms with Crippen molar-refractivity contribution in [3.63, 3.8) is 0 Å². The average Bonchev–Trinajstić information content (AvgIpc) is 2.35. The molecule has 0 saturated carbocycles. The molecule has 0 saturated heterocycles. The van der Waals surface area contributed by atoms with E-state index in [9.17, 15) is 0 Å². The van der Waals surface area contributed by atoms with Crippen LogP contribution in [-0.4, -0.2) is 19.7 Å². The van der Waals surface area contributed by atoms with E-state index in [0.717, 1.165) is 25.2 Å². The maximum atomic E-state index is 5.67. The predicted octanol–water partition coefficient (Wildman–Crippen LogP) is 1.86. The summed E-state index contributed by atoms with van der Waals surface area (Å²) in [5, 5.41) is 0. The van der Waals surface area contributed by atoms with Gasteiger partial charge in [0, 0.05) is 0 Å². The highest BCUT2D eigenvalue weighted by atomic mass is 16.5. The maximum absolute atomic E-state index is 5.67. The molecule has 0 aliphatic heterocycles. The molecule has 1 aromatic carbocycles. The monoisotopic (exact) mass is 236 g/mol. The first-order valence-electron chi connectivity index (χ1n) is 6.33. The molecule has 4 N–H and O–H groups in total. The standard InChI is InChI=1S/C14H24N2O/c1-3-6-17-14-5-4-13(11(2)7-14)8-12(9-15)10-16/h4-5,7,12H,3,6,8-10,15-16H2,1-2H3. The maximum Gasteiger partial charge on any atom is 0.119 e. The van der Waals surface area contributed by atoms with Crippen LogP contribution >= 0.6 is 0 Å². The van der Waals surface area contributed by atoms with Crippen LogP contribution in [0.4, 0.5) is 0 Å². The number of aryl methyl sites for hydroxylation is 1. The zero-order chi connectivity index (χ0) is 12.7. The van der Waals surface area contributed by atoms with E-state index in [2.05, 4.69) is 26.0 Å². The second-order valence-electron chi connectivity index (χ2n) is 4.48. The fourth-order valence-corrected chi connectivity index (χ4v) is 1.78. The van der Waals surface area contributed by atoms with E-state index >= 15 is 0 Å². The van der Waals surface area contributed by atoms with Gasteiger partial charge in [0.05, 0.1) is 6.61 Å². The third-order valence-electron chi connectivity index (χ3n) is 2.96. The summed E-state index contributed by atoms with van der Waals surface area (Å²) in [4.78, 5) is 0. The normalized spacial score (nSPS) is 10.9. The Hall–Kier alpha value is -1.06. The van der Waals surface area contributed by atoms with E-state index in [4.69, 9.17) is 16.2 Å². The van der Waals surface area contributed by atoms with Gasteiger partial charge in [-0.25, -0.2) is 0 Å². The summed E-state index contributed by atoms with van der Waals surface area (Å²) in [6.07, 6.45) is 1.98. The Morgan fingerprint density at radius 3 is 2.47 bits per heavy atom. The molecule has 17 heavy (non-hydrogen) atoms. The van der Waals surface area contributed by atoms with Gasteiger partial charge in [-0.05, 0) is 62.0 Å². The summed E-state index contributed by atoms with van der Waals surface area (Å²) in [6.45, 7) is 6.27. The largest absolute Gasteiger partial charge is 0.494 e. The summed E-state index contributed by atoms with van der Waals surface area (Å²) in [6, 6.07) is 6.25. The smallest absolute Gasteiger partial charge is 0.119 e. The molecule has 0 amide bonds. The van der Waals surface area contributed by atoms with Crippen molar-refractivity contribution in [1.29, 1.82) is 0 Å². The third-order valence-corrected chi connectivity index (χ3v) is 2.96. The number of hydrogen-bond acceptors (Lipinski definition) is 3. The van der Waals surface area contributed by atoms with Crippen molar-refractivity contribution in [2.24, 2.45) is 17.4 Å². The number of rotatable bonds is 7. The van der Waals surface area contributed by atoms with Crippen LogP contribution in [0.5, 0.6) is 5.75 Å². The molecule has 3 heteroatoms. The van der Waals surface area contributed by atoms with Crippen LogP contribution in [0.2, 0.25) is 0 Å². The Morgan fingerprint density at radius 2 is 1.94 bits per heavy atom. The molecule has 96 valence electrons. The van der Waals surface area contributed by atoms with Crippen LogP contribution in [0.1, 0.15) is 24.5 Å². The van der Waals surface area contributed by atoms with Crippen molar-refractivity contribution in [2.45, 2.75) is 26.7 Å².